The molecule has 2 nitrogen and oxygen atoms in total. The highest BCUT2D eigenvalue weighted by molar-refractivity contribution is 5.34. The highest BCUT2D eigenvalue weighted by Gasteiger charge is 2.01. The first kappa shape index (κ1) is 9.72. The minimum atomic E-state index is -0.342. The Bertz CT molecular complexity index is 330. The summed E-state index contributed by atoms with van der Waals surface area (Å²) in [6.45, 7) is 0.188. The van der Waals surface area contributed by atoms with Crippen LogP contribution in [0.3, 0.4) is 0 Å². The molecule has 0 spiro atoms. The fourth-order valence-corrected chi connectivity index (χ4v) is 0.904. The summed E-state index contributed by atoms with van der Waals surface area (Å²) < 4.78 is 13.2. The molecule has 0 atom stereocenters. The minimum Gasteiger partial charge on any atom is -0.297 e. The fourth-order valence-electron chi connectivity index (χ4n) is 0.904. The van der Waals surface area contributed by atoms with Gasteiger partial charge < -0.3 is 0 Å². The molecular formula is C10H10FNO. The topological polar surface area (TPSA) is 21.3 Å². The third kappa shape index (κ3) is 2.55. The van der Waals surface area contributed by atoms with Crippen molar-refractivity contribution in [3.63, 3.8) is 0 Å². The number of hydroxylamine groups is 1. The predicted octanol–water partition coefficient (Wildman–Crippen LogP) is 1.46. The Hall–Kier alpha value is -1.37. The van der Waals surface area contributed by atoms with E-state index in [-0.39, 0.29) is 12.4 Å². The van der Waals surface area contributed by atoms with Crippen molar-refractivity contribution in [2.24, 2.45) is 0 Å². The van der Waals surface area contributed by atoms with Gasteiger partial charge in [-0.15, -0.1) is 6.42 Å². The molecule has 0 saturated heterocycles. The van der Waals surface area contributed by atoms with Crippen molar-refractivity contribution < 1.29 is 9.23 Å². The molecule has 0 aliphatic heterocycles. The highest BCUT2D eigenvalue weighted by Crippen LogP contribution is 2.10. The molecule has 1 N–H and O–H groups in total. The van der Waals surface area contributed by atoms with Gasteiger partial charge in [0, 0.05) is 18.2 Å². The van der Waals surface area contributed by atoms with Crippen LogP contribution in [0.1, 0.15) is 11.1 Å². The number of nitrogens with one attached hydrogen (secondary N) is 1. The summed E-state index contributed by atoms with van der Waals surface area (Å²) in [5.74, 6) is 2.01. The summed E-state index contributed by atoms with van der Waals surface area (Å²) in [4.78, 5) is 4.83. The first-order chi connectivity index (χ1) is 6.27. The van der Waals surface area contributed by atoms with E-state index >= 15 is 0 Å². The SMILES string of the molecule is C#Cc1ccc(CONC)c(F)c1. The predicted molar refractivity (Wildman–Crippen MR) is 48.2 cm³/mol. The van der Waals surface area contributed by atoms with E-state index in [1.165, 1.54) is 6.07 Å². The number of benzene rings is 1. The van der Waals surface area contributed by atoms with Crippen LogP contribution in [0.25, 0.3) is 0 Å². The van der Waals surface area contributed by atoms with Gasteiger partial charge >= 0.3 is 0 Å². The molecule has 0 amide bonds. The summed E-state index contributed by atoms with van der Waals surface area (Å²) in [5.41, 5.74) is 3.48. The van der Waals surface area contributed by atoms with E-state index in [1.807, 2.05) is 0 Å². The average molecular weight is 179 g/mol. The Morgan fingerprint density at radius 1 is 1.62 bits per heavy atom. The van der Waals surface area contributed by atoms with Gasteiger partial charge in [-0.25, -0.2) is 9.87 Å². The van der Waals surface area contributed by atoms with Crippen LogP contribution in [-0.4, -0.2) is 7.05 Å². The summed E-state index contributed by atoms with van der Waals surface area (Å²) in [7, 11) is 1.62. The van der Waals surface area contributed by atoms with Crippen LogP contribution in [0.4, 0.5) is 4.39 Å². The van der Waals surface area contributed by atoms with E-state index in [4.69, 9.17) is 11.3 Å². The van der Waals surface area contributed by atoms with Crippen molar-refractivity contribution in [3.05, 3.63) is 35.1 Å². The Morgan fingerprint density at radius 3 is 2.92 bits per heavy atom. The number of rotatable bonds is 3. The second-order valence-electron chi connectivity index (χ2n) is 2.44. The van der Waals surface area contributed by atoms with Gasteiger partial charge in [-0.2, -0.15) is 0 Å². The Kier molecular flexibility index (Phi) is 3.44. The van der Waals surface area contributed by atoms with E-state index in [0.717, 1.165) is 0 Å². The van der Waals surface area contributed by atoms with Crippen molar-refractivity contribution in [2.75, 3.05) is 7.05 Å². The second-order valence-corrected chi connectivity index (χ2v) is 2.44. The van der Waals surface area contributed by atoms with Gasteiger partial charge in [0.2, 0.25) is 0 Å². The smallest absolute Gasteiger partial charge is 0.130 e. The van der Waals surface area contributed by atoms with Crippen molar-refractivity contribution in [1.29, 1.82) is 0 Å². The van der Waals surface area contributed by atoms with Crippen molar-refractivity contribution in [2.45, 2.75) is 6.61 Å². The van der Waals surface area contributed by atoms with Crippen LogP contribution < -0.4 is 5.48 Å². The largest absolute Gasteiger partial charge is 0.297 e. The molecule has 0 aromatic heterocycles. The van der Waals surface area contributed by atoms with Gasteiger partial charge in [-0.1, -0.05) is 12.0 Å². The van der Waals surface area contributed by atoms with Crippen molar-refractivity contribution in [1.82, 2.24) is 5.48 Å². The lowest BCUT2D eigenvalue weighted by Crippen LogP contribution is -2.07. The van der Waals surface area contributed by atoms with Crippen LogP contribution in [0.2, 0.25) is 0 Å². The van der Waals surface area contributed by atoms with E-state index in [0.29, 0.717) is 11.1 Å². The van der Waals surface area contributed by atoms with Crippen LogP contribution >= 0.6 is 0 Å². The second kappa shape index (κ2) is 4.61. The Morgan fingerprint density at radius 2 is 2.38 bits per heavy atom. The van der Waals surface area contributed by atoms with E-state index < -0.39 is 0 Å². The summed E-state index contributed by atoms with van der Waals surface area (Å²) in [6, 6.07) is 4.60. The van der Waals surface area contributed by atoms with Gasteiger partial charge in [-0.05, 0) is 12.1 Å². The molecule has 1 aromatic carbocycles. The molecule has 1 rings (SSSR count). The molecular weight excluding hydrogens is 169 g/mol. The molecule has 0 bridgehead atoms. The number of terminal acetylenes is 1. The molecule has 0 aliphatic carbocycles. The van der Waals surface area contributed by atoms with Crippen LogP contribution in [0, 0.1) is 18.2 Å². The quantitative estimate of drug-likeness (QED) is 0.560. The Labute approximate surface area is 76.7 Å². The molecule has 0 heterocycles. The molecule has 0 unspecified atom stereocenters. The monoisotopic (exact) mass is 179 g/mol. The number of halogens is 1. The zero-order valence-electron chi connectivity index (χ0n) is 7.30. The van der Waals surface area contributed by atoms with Gasteiger partial charge in [0.25, 0.3) is 0 Å². The summed E-state index contributed by atoms with van der Waals surface area (Å²) in [5, 5.41) is 0. The van der Waals surface area contributed by atoms with E-state index in [2.05, 4.69) is 11.4 Å². The molecule has 0 aliphatic rings. The summed E-state index contributed by atoms with van der Waals surface area (Å²) in [6.07, 6.45) is 5.11. The van der Waals surface area contributed by atoms with Crippen molar-refractivity contribution >= 4 is 0 Å². The van der Waals surface area contributed by atoms with E-state index in [1.54, 1.807) is 19.2 Å². The maximum absolute atomic E-state index is 13.2. The lowest BCUT2D eigenvalue weighted by molar-refractivity contribution is 0.0428. The van der Waals surface area contributed by atoms with Crippen LogP contribution in [0.15, 0.2) is 18.2 Å². The molecule has 0 fully saturated rings. The highest BCUT2D eigenvalue weighted by atomic mass is 19.1. The molecule has 0 radical (unpaired) electrons. The standard InChI is InChI=1S/C10H10FNO/c1-3-8-4-5-9(7-13-12-2)10(11)6-8/h1,4-6,12H,7H2,2H3. The molecule has 13 heavy (non-hydrogen) atoms. The maximum Gasteiger partial charge on any atom is 0.130 e. The number of hydrogen-bond donors (Lipinski definition) is 1. The van der Waals surface area contributed by atoms with Gasteiger partial charge in [0.05, 0.1) is 6.61 Å². The lowest BCUT2D eigenvalue weighted by atomic mass is 10.1. The van der Waals surface area contributed by atoms with Gasteiger partial charge in [0.1, 0.15) is 5.82 Å². The normalized spacial score (nSPS) is 9.62. The van der Waals surface area contributed by atoms with E-state index in [9.17, 15) is 4.39 Å². The maximum atomic E-state index is 13.2. The lowest BCUT2D eigenvalue weighted by Gasteiger charge is -2.03. The first-order valence-electron chi connectivity index (χ1n) is 3.81. The zero-order chi connectivity index (χ0) is 9.68. The van der Waals surface area contributed by atoms with Crippen LogP contribution in [-0.2, 0) is 11.4 Å². The van der Waals surface area contributed by atoms with Crippen molar-refractivity contribution in [3.8, 4) is 12.3 Å². The fraction of sp³-hybridized carbons (Fsp3) is 0.200. The molecule has 68 valence electrons. The summed E-state index contributed by atoms with van der Waals surface area (Å²) >= 11 is 0. The van der Waals surface area contributed by atoms with Gasteiger partial charge in [0.15, 0.2) is 0 Å². The number of hydrogen-bond acceptors (Lipinski definition) is 2. The third-order valence-corrected chi connectivity index (χ3v) is 1.59. The third-order valence-electron chi connectivity index (χ3n) is 1.59. The molecule has 0 saturated carbocycles. The zero-order valence-corrected chi connectivity index (χ0v) is 7.30. The minimum absolute atomic E-state index is 0.188. The van der Waals surface area contributed by atoms with Gasteiger partial charge in [-0.3, -0.25) is 4.84 Å². The molecule has 3 heteroatoms. The first-order valence-corrected chi connectivity index (χ1v) is 3.81. The Balaban J connectivity index is 2.81. The van der Waals surface area contributed by atoms with Crippen LogP contribution in [0.5, 0.6) is 0 Å². The average Bonchev–Trinajstić information content (AvgIpc) is 2.16. The molecule has 1 aromatic rings.